The van der Waals surface area contributed by atoms with Gasteiger partial charge in [0.05, 0.1) is 23.0 Å². The second-order valence-corrected chi connectivity index (χ2v) is 6.62. The lowest BCUT2D eigenvalue weighted by Gasteiger charge is -2.17. The molecule has 3 rings (SSSR count). The molecule has 0 aliphatic carbocycles. The molecule has 0 aliphatic heterocycles. The Bertz CT molecular complexity index is 985. The Hall–Kier alpha value is -3.31. The number of ketones is 2. The lowest BCUT2D eigenvalue weighted by atomic mass is 9.90. The number of nitrogens with one attached hydrogen (secondary N) is 1. The van der Waals surface area contributed by atoms with Gasteiger partial charge in [0.25, 0.3) is 0 Å². The Morgan fingerprint density at radius 1 is 0.929 bits per heavy atom. The molecule has 0 aliphatic rings. The van der Waals surface area contributed by atoms with Crippen LogP contribution in [0.15, 0.2) is 66.9 Å². The Morgan fingerprint density at radius 2 is 1.43 bits per heavy atom. The fourth-order valence-corrected chi connectivity index (χ4v) is 3.03. The second-order valence-electron chi connectivity index (χ2n) is 6.62. The standard InChI is InChI=1S/C23H22N2O3/c1-15(24-2)13-18-20(22(27)16-9-5-3-6-10-16)21(19(26)14-25-18)23(28)17-11-7-4-8-12-17/h3-12,14-15,24,26H,13H2,1-2H3. The van der Waals surface area contributed by atoms with Crippen LogP contribution in [-0.4, -0.2) is 34.7 Å². The summed E-state index contributed by atoms with van der Waals surface area (Å²) in [5.74, 6) is -1.03. The lowest BCUT2D eigenvalue weighted by Crippen LogP contribution is -2.26. The Morgan fingerprint density at radius 3 is 1.93 bits per heavy atom. The molecule has 28 heavy (non-hydrogen) atoms. The molecule has 5 nitrogen and oxygen atoms in total. The van der Waals surface area contributed by atoms with Crippen molar-refractivity contribution in [1.82, 2.24) is 10.3 Å². The predicted molar refractivity (Wildman–Crippen MR) is 108 cm³/mol. The van der Waals surface area contributed by atoms with Gasteiger partial charge in [0.2, 0.25) is 0 Å². The number of aromatic nitrogens is 1. The summed E-state index contributed by atoms with van der Waals surface area (Å²) in [6.45, 7) is 1.96. The number of rotatable bonds is 7. The average Bonchev–Trinajstić information content (AvgIpc) is 2.74. The summed E-state index contributed by atoms with van der Waals surface area (Å²) < 4.78 is 0. The van der Waals surface area contributed by atoms with Crippen LogP contribution in [0, 0.1) is 0 Å². The zero-order valence-electron chi connectivity index (χ0n) is 15.8. The second kappa shape index (κ2) is 8.59. The van der Waals surface area contributed by atoms with Crippen molar-refractivity contribution >= 4 is 11.6 Å². The first kappa shape index (κ1) is 19.5. The van der Waals surface area contributed by atoms with E-state index < -0.39 is 5.78 Å². The van der Waals surface area contributed by atoms with Crippen molar-refractivity contribution < 1.29 is 14.7 Å². The highest BCUT2D eigenvalue weighted by Crippen LogP contribution is 2.28. The highest BCUT2D eigenvalue weighted by Gasteiger charge is 2.27. The van der Waals surface area contributed by atoms with Gasteiger partial charge in [-0.2, -0.15) is 0 Å². The zero-order valence-corrected chi connectivity index (χ0v) is 15.8. The van der Waals surface area contributed by atoms with Gasteiger partial charge in [-0.15, -0.1) is 0 Å². The third-order valence-electron chi connectivity index (χ3n) is 4.66. The highest BCUT2D eigenvalue weighted by molar-refractivity contribution is 6.21. The first-order chi connectivity index (χ1) is 13.5. The van der Waals surface area contributed by atoms with Crippen LogP contribution in [0.25, 0.3) is 0 Å². The van der Waals surface area contributed by atoms with E-state index in [4.69, 9.17) is 0 Å². The van der Waals surface area contributed by atoms with Crippen LogP contribution in [0.1, 0.15) is 44.5 Å². The van der Waals surface area contributed by atoms with E-state index in [1.165, 1.54) is 6.20 Å². The minimum absolute atomic E-state index is 0.00615. The number of nitrogens with zero attached hydrogens (tertiary/aromatic N) is 1. The van der Waals surface area contributed by atoms with Crippen molar-refractivity contribution in [2.45, 2.75) is 19.4 Å². The first-order valence-electron chi connectivity index (χ1n) is 9.10. The van der Waals surface area contributed by atoms with E-state index in [2.05, 4.69) is 10.3 Å². The topological polar surface area (TPSA) is 79.3 Å². The van der Waals surface area contributed by atoms with Gasteiger partial charge in [0.1, 0.15) is 5.75 Å². The van der Waals surface area contributed by atoms with Crippen molar-refractivity contribution in [1.29, 1.82) is 0 Å². The molecule has 2 aromatic carbocycles. The highest BCUT2D eigenvalue weighted by atomic mass is 16.3. The largest absolute Gasteiger partial charge is 0.506 e. The van der Waals surface area contributed by atoms with E-state index in [0.29, 0.717) is 23.2 Å². The molecule has 0 amide bonds. The van der Waals surface area contributed by atoms with Gasteiger partial charge >= 0.3 is 0 Å². The monoisotopic (exact) mass is 374 g/mol. The molecule has 0 bridgehead atoms. The molecular formula is C23H22N2O3. The third-order valence-corrected chi connectivity index (χ3v) is 4.66. The Kier molecular flexibility index (Phi) is 5.96. The number of aromatic hydroxyl groups is 1. The summed E-state index contributed by atoms with van der Waals surface area (Å²) in [5.41, 5.74) is 1.47. The molecule has 1 heterocycles. The normalized spacial score (nSPS) is 11.8. The minimum atomic E-state index is -0.404. The van der Waals surface area contributed by atoms with Crippen molar-refractivity contribution in [2.24, 2.45) is 0 Å². The molecule has 3 aromatic rings. The van der Waals surface area contributed by atoms with Crippen molar-refractivity contribution in [3.63, 3.8) is 0 Å². The van der Waals surface area contributed by atoms with Crippen LogP contribution in [0.4, 0.5) is 0 Å². The average molecular weight is 374 g/mol. The van der Waals surface area contributed by atoms with Gasteiger partial charge in [0, 0.05) is 23.6 Å². The van der Waals surface area contributed by atoms with Gasteiger partial charge in [0.15, 0.2) is 11.6 Å². The summed E-state index contributed by atoms with van der Waals surface area (Å²) >= 11 is 0. The van der Waals surface area contributed by atoms with Crippen LogP contribution in [0.3, 0.4) is 0 Å². The summed E-state index contributed by atoms with van der Waals surface area (Å²) in [7, 11) is 1.82. The molecule has 0 saturated heterocycles. The first-order valence-corrected chi connectivity index (χ1v) is 9.10. The van der Waals surface area contributed by atoms with E-state index in [0.717, 1.165) is 0 Å². The lowest BCUT2D eigenvalue weighted by molar-refractivity contribution is 0.0999. The third kappa shape index (κ3) is 4.00. The molecule has 1 atom stereocenters. The minimum Gasteiger partial charge on any atom is -0.506 e. The van der Waals surface area contributed by atoms with E-state index in [9.17, 15) is 14.7 Å². The molecule has 142 valence electrons. The van der Waals surface area contributed by atoms with Crippen LogP contribution in [0.2, 0.25) is 0 Å². The molecule has 0 radical (unpaired) electrons. The van der Waals surface area contributed by atoms with Crippen LogP contribution in [0.5, 0.6) is 5.75 Å². The number of carbonyl (C=O) groups excluding carboxylic acids is 2. The molecule has 0 spiro atoms. The summed E-state index contributed by atoms with van der Waals surface area (Å²) in [6.07, 6.45) is 1.69. The number of carbonyl (C=O) groups is 2. The van der Waals surface area contributed by atoms with Gasteiger partial charge < -0.3 is 10.4 Å². The fourth-order valence-electron chi connectivity index (χ4n) is 3.03. The van der Waals surface area contributed by atoms with E-state index in [1.54, 1.807) is 54.6 Å². The van der Waals surface area contributed by atoms with Crippen molar-refractivity contribution in [3.8, 4) is 5.75 Å². The number of pyridine rings is 1. The quantitative estimate of drug-likeness (QED) is 0.620. The molecule has 1 aromatic heterocycles. The van der Waals surface area contributed by atoms with Gasteiger partial charge in [-0.25, -0.2) is 0 Å². The SMILES string of the molecule is CNC(C)Cc1ncc(O)c(C(=O)c2ccccc2)c1C(=O)c1ccccc1. The maximum Gasteiger partial charge on any atom is 0.197 e. The van der Waals surface area contributed by atoms with Crippen molar-refractivity contribution in [3.05, 3.63) is 94.8 Å². The number of benzene rings is 2. The zero-order chi connectivity index (χ0) is 20.1. The van der Waals surface area contributed by atoms with E-state index in [1.807, 2.05) is 20.0 Å². The number of hydrogen-bond acceptors (Lipinski definition) is 5. The maximum atomic E-state index is 13.3. The predicted octanol–water partition coefficient (Wildman–Crippen LogP) is 3.40. The summed E-state index contributed by atoms with van der Waals surface area (Å²) in [5, 5.41) is 13.6. The van der Waals surface area contributed by atoms with Crippen molar-refractivity contribution in [2.75, 3.05) is 7.05 Å². The van der Waals surface area contributed by atoms with E-state index in [-0.39, 0.29) is 28.7 Å². The molecule has 5 heteroatoms. The summed E-state index contributed by atoms with van der Waals surface area (Å²) in [4.78, 5) is 30.8. The fraction of sp³-hybridized carbons (Fsp3) is 0.174. The molecule has 0 saturated carbocycles. The number of likely N-dealkylation sites (N-methyl/N-ethyl adjacent to an activating group) is 1. The van der Waals surface area contributed by atoms with Gasteiger partial charge in [-0.1, -0.05) is 60.7 Å². The molecular weight excluding hydrogens is 352 g/mol. The number of hydrogen-bond donors (Lipinski definition) is 2. The molecule has 0 fully saturated rings. The Labute approximate surface area is 164 Å². The van der Waals surface area contributed by atoms with Crippen LogP contribution >= 0.6 is 0 Å². The Balaban J connectivity index is 2.21. The smallest absolute Gasteiger partial charge is 0.197 e. The van der Waals surface area contributed by atoms with Crippen LogP contribution < -0.4 is 5.32 Å². The van der Waals surface area contributed by atoms with E-state index >= 15 is 0 Å². The maximum absolute atomic E-state index is 13.3. The molecule has 1 unspecified atom stereocenters. The van der Waals surface area contributed by atoms with Gasteiger partial charge in [-0.3, -0.25) is 14.6 Å². The molecule has 2 N–H and O–H groups in total. The van der Waals surface area contributed by atoms with Crippen LogP contribution in [-0.2, 0) is 6.42 Å². The van der Waals surface area contributed by atoms with Gasteiger partial charge in [-0.05, 0) is 14.0 Å². The summed E-state index contributed by atoms with van der Waals surface area (Å²) in [6, 6.07) is 17.4.